The van der Waals surface area contributed by atoms with Gasteiger partial charge in [0.2, 0.25) is 0 Å². The molecule has 2 aromatic carbocycles. The highest BCUT2D eigenvalue weighted by Crippen LogP contribution is 2.32. The highest BCUT2D eigenvalue weighted by Gasteiger charge is 2.24. The first-order valence-corrected chi connectivity index (χ1v) is 8.79. The van der Waals surface area contributed by atoms with Crippen LogP contribution in [0.3, 0.4) is 0 Å². The standard InChI is InChI=1S/C20H22N2O3/c23-14-9-8-13-4-3-6-17(16(13)12-14)21-20(24)22-18-10-11-25-19-7-2-1-5-15(18)19/h1-7,14,18,23H,8-12H2,(H2,21,22,24)/t14?,18-/m1/s1. The van der Waals surface area contributed by atoms with Crippen LogP contribution in [0.15, 0.2) is 42.5 Å². The zero-order valence-corrected chi connectivity index (χ0v) is 14.0. The minimum atomic E-state index is -0.333. The van der Waals surface area contributed by atoms with Crippen molar-refractivity contribution in [1.82, 2.24) is 5.32 Å². The predicted octanol–water partition coefficient (Wildman–Crippen LogP) is 3.18. The maximum Gasteiger partial charge on any atom is 0.319 e. The number of aryl methyl sites for hydroxylation is 1. The van der Waals surface area contributed by atoms with E-state index in [0.717, 1.165) is 41.8 Å². The number of aliphatic hydroxyl groups is 1. The molecule has 0 aromatic heterocycles. The predicted molar refractivity (Wildman–Crippen MR) is 95.9 cm³/mol. The van der Waals surface area contributed by atoms with E-state index in [1.165, 1.54) is 5.56 Å². The summed E-state index contributed by atoms with van der Waals surface area (Å²) in [4.78, 5) is 12.5. The largest absolute Gasteiger partial charge is 0.493 e. The molecule has 0 radical (unpaired) electrons. The van der Waals surface area contributed by atoms with Gasteiger partial charge in [-0.1, -0.05) is 30.3 Å². The molecule has 3 N–H and O–H groups in total. The van der Waals surface area contributed by atoms with Gasteiger partial charge < -0.3 is 20.5 Å². The first-order chi connectivity index (χ1) is 12.2. The third kappa shape index (κ3) is 3.33. The van der Waals surface area contributed by atoms with E-state index < -0.39 is 0 Å². The van der Waals surface area contributed by atoms with Gasteiger partial charge in [0, 0.05) is 24.1 Å². The Morgan fingerprint density at radius 2 is 2.00 bits per heavy atom. The first kappa shape index (κ1) is 16.0. The summed E-state index contributed by atoms with van der Waals surface area (Å²) in [6, 6.07) is 13.4. The maximum absolute atomic E-state index is 12.5. The highest BCUT2D eigenvalue weighted by molar-refractivity contribution is 5.90. The van der Waals surface area contributed by atoms with Gasteiger partial charge in [0.15, 0.2) is 0 Å². The summed E-state index contributed by atoms with van der Waals surface area (Å²) in [7, 11) is 0. The molecule has 2 atom stereocenters. The van der Waals surface area contributed by atoms with Crippen LogP contribution in [0, 0.1) is 0 Å². The molecule has 5 nitrogen and oxygen atoms in total. The van der Waals surface area contributed by atoms with Crippen molar-refractivity contribution in [2.24, 2.45) is 0 Å². The molecule has 1 aliphatic carbocycles. The van der Waals surface area contributed by atoms with Gasteiger partial charge in [-0.25, -0.2) is 4.79 Å². The Morgan fingerprint density at radius 3 is 2.92 bits per heavy atom. The molecular weight excluding hydrogens is 316 g/mol. The smallest absolute Gasteiger partial charge is 0.319 e. The summed E-state index contributed by atoms with van der Waals surface area (Å²) >= 11 is 0. The van der Waals surface area contributed by atoms with Crippen molar-refractivity contribution in [1.29, 1.82) is 0 Å². The van der Waals surface area contributed by atoms with Crippen LogP contribution in [0.5, 0.6) is 5.75 Å². The molecule has 0 bridgehead atoms. The number of urea groups is 1. The molecule has 130 valence electrons. The van der Waals surface area contributed by atoms with Crippen LogP contribution in [0.2, 0.25) is 0 Å². The van der Waals surface area contributed by atoms with Gasteiger partial charge in [-0.3, -0.25) is 0 Å². The molecule has 0 saturated carbocycles. The molecule has 1 unspecified atom stereocenters. The summed E-state index contributed by atoms with van der Waals surface area (Å²) in [6.45, 7) is 0.592. The van der Waals surface area contributed by atoms with E-state index in [0.29, 0.717) is 13.0 Å². The lowest BCUT2D eigenvalue weighted by Gasteiger charge is -2.27. The molecule has 1 aliphatic heterocycles. The fourth-order valence-corrected chi connectivity index (χ4v) is 3.70. The first-order valence-electron chi connectivity index (χ1n) is 8.79. The van der Waals surface area contributed by atoms with Crippen molar-refractivity contribution < 1.29 is 14.6 Å². The minimum Gasteiger partial charge on any atom is -0.493 e. The third-order valence-corrected chi connectivity index (χ3v) is 4.97. The van der Waals surface area contributed by atoms with Gasteiger partial charge in [0.25, 0.3) is 0 Å². The van der Waals surface area contributed by atoms with Crippen LogP contribution < -0.4 is 15.4 Å². The lowest BCUT2D eigenvalue weighted by atomic mass is 9.88. The Balaban J connectivity index is 1.49. The number of rotatable bonds is 2. The quantitative estimate of drug-likeness (QED) is 0.787. The van der Waals surface area contributed by atoms with Crippen LogP contribution in [0.1, 0.15) is 35.6 Å². The van der Waals surface area contributed by atoms with Crippen LogP contribution in [0.4, 0.5) is 10.5 Å². The van der Waals surface area contributed by atoms with Gasteiger partial charge in [0.05, 0.1) is 18.8 Å². The number of carbonyl (C=O) groups is 1. The summed E-state index contributed by atoms with van der Waals surface area (Å²) < 4.78 is 5.64. The second kappa shape index (κ2) is 6.76. The number of fused-ring (bicyclic) bond motifs is 2. The van der Waals surface area contributed by atoms with Gasteiger partial charge in [-0.15, -0.1) is 0 Å². The Morgan fingerprint density at radius 1 is 1.12 bits per heavy atom. The SMILES string of the molecule is O=C(Nc1cccc2c1CC(O)CC2)N[C@@H]1CCOc2ccccc21. The highest BCUT2D eigenvalue weighted by atomic mass is 16.5. The number of benzene rings is 2. The monoisotopic (exact) mass is 338 g/mol. The van der Waals surface area contributed by atoms with E-state index >= 15 is 0 Å². The fourth-order valence-electron chi connectivity index (χ4n) is 3.70. The van der Waals surface area contributed by atoms with Gasteiger partial charge in [-0.2, -0.15) is 0 Å². The number of aliphatic hydroxyl groups excluding tert-OH is 1. The Kier molecular flexibility index (Phi) is 4.32. The van der Waals surface area contributed by atoms with Crippen molar-refractivity contribution in [2.45, 2.75) is 37.8 Å². The van der Waals surface area contributed by atoms with Gasteiger partial charge in [-0.05, 0) is 36.1 Å². The van der Waals surface area contributed by atoms with Crippen molar-refractivity contribution in [3.05, 3.63) is 59.2 Å². The molecule has 2 amide bonds. The van der Waals surface area contributed by atoms with Gasteiger partial charge >= 0.3 is 6.03 Å². The number of amides is 2. The van der Waals surface area contributed by atoms with Crippen LogP contribution in [0.25, 0.3) is 0 Å². The number of anilines is 1. The van der Waals surface area contributed by atoms with E-state index in [1.807, 2.05) is 36.4 Å². The zero-order chi connectivity index (χ0) is 17.2. The molecule has 0 spiro atoms. The van der Waals surface area contributed by atoms with Crippen molar-refractivity contribution >= 4 is 11.7 Å². The van der Waals surface area contributed by atoms with Crippen molar-refractivity contribution in [2.75, 3.05) is 11.9 Å². The lowest BCUT2D eigenvalue weighted by Crippen LogP contribution is -2.35. The average molecular weight is 338 g/mol. The van der Waals surface area contributed by atoms with E-state index in [1.54, 1.807) is 0 Å². The van der Waals surface area contributed by atoms with E-state index in [-0.39, 0.29) is 18.2 Å². The molecule has 1 heterocycles. The average Bonchev–Trinajstić information content (AvgIpc) is 2.62. The van der Waals surface area contributed by atoms with Crippen LogP contribution in [-0.2, 0) is 12.8 Å². The number of carbonyl (C=O) groups excluding carboxylic acids is 1. The number of hydrogen-bond donors (Lipinski definition) is 3. The molecule has 0 saturated heterocycles. The lowest BCUT2D eigenvalue weighted by molar-refractivity contribution is 0.159. The number of hydrogen-bond acceptors (Lipinski definition) is 3. The Labute approximate surface area is 147 Å². The molecule has 2 aromatic rings. The van der Waals surface area contributed by atoms with Gasteiger partial charge in [0.1, 0.15) is 5.75 Å². The molecular formula is C20H22N2O3. The van der Waals surface area contributed by atoms with Crippen LogP contribution >= 0.6 is 0 Å². The normalized spacial score (nSPS) is 21.5. The fraction of sp³-hybridized carbons (Fsp3) is 0.350. The van der Waals surface area contributed by atoms with E-state index in [2.05, 4.69) is 16.7 Å². The summed E-state index contributed by atoms with van der Waals surface area (Å²) in [5.74, 6) is 0.833. The molecule has 25 heavy (non-hydrogen) atoms. The summed E-state index contributed by atoms with van der Waals surface area (Å²) in [5.41, 5.74) is 4.05. The topological polar surface area (TPSA) is 70.6 Å². The summed E-state index contributed by atoms with van der Waals surface area (Å²) in [5, 5.41) is 16.0. The number of nitrogens with one attached hydrogen (secondary N) is 2. The minimum absolute atomic E-state index is 0.0601. The second-order valence-electron chi connectivity index (χ2n) is 6.67. The van der Waals surface area contributed by atoms with E-state index in [4.69, 9.17) is 4.74 Å². The number of ether oxygens (including phenoxy) is 1. The Bertz CT molecular complexity index is 790. The maximum atomic E-state index is 12.5. The molecule has 4 rings (SSSR count). The molecule has 2 aliphatic rings. The molecule has 0 fully saturated rings. The number of para-hydroxylation sites is 1. The zero-order valence-electron chi connectivity index (χ0n) is 14.0. The second-order valence-corrected chi connectivity index (χ2v) is 6.67. The van der Waals surface area contributed by atoms with Crippen molar-refractivity contribution in [3.63, 3.8) is 0 Å². The van der Waals surface area contributed by atoms with Crippen molar-refractivity contribution in [3.8, 4) is 5.75 Å². The Hall–Kier alpha value is -2.53. The molecule has 5 heteroatoms. The third-order valence-electron chi connectivity index (χ3n) is 4.97. The van der Waals surface area contributed by atoms with E-state index in [9.17, 15) is 9.90 Å². The summed E-state index contributed by atoms with van der Waals surface area (Å²) in [6.07, 6.45) is 2.63. The van der Waals surface area contributed by atoms with Crippen LogP contribution in [-0.4, -0.2) is 23.8 Å².